The third-order valence-corrected chi connectivity index (χ3v) is 5.26. The lowest BCUT2D eigenvalue weighted by atomic mass is 10.1. The van der Waals surface area contributed by atoms with Crippen LogP contribution in [0.4, 0.5) is 5.82 Å². The Balaban J connectivity index is 1.68. The number of benzene rings is 1. The van der Waals surface area contributed by atoms with E-state index in [2.05, 4.69) is 31.3 Å². The van der Waals surface area contributed by atoms with Crippen molar-refractivity contribution in [2.75, 3.05) is 38.0 Å². The van der Waals surface area contributed by atoms with Gasteiger partial charge in [-0.2, -0.15) is 0 Å². The number of amides is 2. The van der Waals surface area contributed by atoms with Gasteiger partial charge in [-0.05, 0) is 54.0 Å². The number of anilines is 1. The highest BCUT2D eigenvalue weighted by atomic mass is 79.9. The van der Waals surface area contributed by atoms with E-state index >= 15 is 0 Å². The molecule has 2 amide bonds. The maximum Gasteiger partial charge on any atom is 0.255 e. The summed E-state index contributed by atoms with van der Waals surface area (Å²) in [4.78, 5) is 29.4. The summed E-state index contributed by atoms with van der Waals surface area (Å²) in [6, 6.07) is 8.82. The van der Waals surface area contributed by atoms with Gasteiger partial charge in [0.25, 0.3) is 5.91 Å². The fourth-order valence-electron chi connectivity index (χ4n) is 3.14. The van der Waals surface area contributed by atoms with Crippen LogP contribution >= 0.6 is 15.9 Å². The van der Waals surface area contributed by atoms with Crippen molar-refractivity contribution in [3.8, 4) is 0 Å². The second-order valence-corrected chi connectivity index (χ2v) is 7.40. The highest BCUT2D eigenvalue weighted by Crippen LogP contribution is 2.18. The van der Waals surface area contributed by atoms with Crippen molar-refractivity contribution in [3.63, 3.8) is 0 Å². The van der Waals surface area contributed by atoms with Crippen molar-refractivity contribution in [2.45, 2.75) is 19.3 Å². The number of aromatic nitrogens is 1. The smallest absolute Gasteiger partial charge is 0.255 e. The number of carbonyl (C=O) groups is 2. The molecule has 0 bridgehead atoms. The molecule has 0 radical (unpaired) electrons. The normalized spacial score (nSPS) is 14.7. The molecule has 0 saturated carbocycles. The zero-order chi connectivity index (χ0) is 19.1. The maximum absolute atomic E-state index is 13.0. The fraction of sp³-hybridized carbons (Fsp3) is 0.421. The van der Waals surface area contributed by atoms with E-state index in [0.29, 0.717) is 17.9 Å². The minimum atomic E-state index is -0.303. The van der Waals surface area contributed by atoms with Crippen LogP contribution in [-0.4, -0.2) is 59.5 Å². The second-order valence-electron chi connectivity index (χ2n) is 6.54. The second kappa shape index (κ2) is 9.66. The molecule has 1 N–H and O–H groups in total. The quantitative estimate of drug-likeness (QED) is 0.724. The molecule has 1 aliphatic rings. The lowest BCUT2D eigenvalue weighted by molar-refractivity contribution is -0.117. The van der Waals surface area contributed by atoms with Gasteiger partial charge in [0.15, 0.2) is 5.82 Å². The van der Waals surface area contributed by atoms with Crippen molar-refractivity contribution < 1.29 is 14.1 Å². The fourth-order valence-corrected chi connectivity index (χ4v) is 3.59. The number of nitrogens with one attached hydrogen (secondary N) is 1. The maximum atomic E-state index is 13.0. The molecule has 1 aromatic heterocycles. The van der Waals surface area contributed by atoms with Gasteiger partial charge in [-0.3, -0.25) is 9.59 Å². The summed E-state index contributed by atoms with van der Waals surface area (Å²) in [5, 5.41) is 6.32. The van der Waals surface area contributed by atoms with Crippen LogP contribution in [0, 0.1) is 0 Å². The van der Waals surface area contributed by atoms with Gasteiger partial charge in [0.2, 0.25) is 5.91 Å². The zero-order valence-corrected chi connectivity index (χ0v) is 16.7. The van der Waals surface area contributed by atoms with Gasteiger partial charge in [-0.1, -0.05) is 23.7 Å². The summed E-state index contributed by atoms with van der Waals surface area (Å²) in [6.07, 6.45) is 5.02. The average Bonchev–Trinajstić information content (AvgIpc) is 3.18. The third kappa shape index (κ3) is 5.64. The van der Waals surface area contributed by atoms with Gasteiger partial charge < -0.3 is 19.6 Å². The number of hydrogen-bond acceptors (Lipinski definition) is 5. The Morgan fingerprint density at radius 2 is 1.96 bits per heavy atom. The van der Waals surface area contributed by atoms with Crippen LogP contribution in [0.15, 0.2) is 45.6 Å². The molecule has 144 valence electrons. The Bertz CT molecular complexity index is 760. The van der Waals surface area contributed by atoms with E-state index in [-0.39, 0.29) is 18.4 Å². The summed E-state index contributed by atoms with van der Waals surface area (Å²) in [7, 11) is 0. The molecule has 1 aromatic carbocycles. The van der Waals surface area contributed by atoms with E-state index in [0.717, 1.165) is 24.1 Å². The van der Waals surface area contributed by atoms with Crippen LogP contribution in [-0.2, 0) is 4.79 Å². The largest absolute Gasteiger partial charge is 0.363 e. The molecule has 3 rings (SSSR count). The van der Waals surface area contributed by atoms with Crippen LogP contribution in [0.3, 0.4) is 0 Å². The first kappa shape index (κ1) is 19.6. The first-order chi connectivity index (χ1) is 13.1. The van der Waals surface area contributed by atoms with E-state index < -0.39 is 0 Å². The van der Waals surface area contributed by atoms with Crippen LogP contribution < -0.4 is 5.32 Å². The van der Waals surface area contributed by atoms with Crippen molar-refractivity contribution in [2.24, 2.45) is 0 Å². The molecule has 7 nitrogen and oxygen atoms in total. The van der Waals surface area contributed by atoms with Crippen molar-refractivity contribution in [1.29, 1.82) is 0 Å². The summed E-state index contributed by atoms with van der Waals surface area (Å²) in [6.45, 7) is 3.30. The summed E-state index contributed by atoms with van der Waals surface area (Å²) >= 11 is 3.43. The molecule has 0 atom stereocenters. The molecule has 1 saturated heterocycles. The van der Waals surface area contributed by atoms with Gasteiger partial charge in [-0.25, -0.2) is 0 Å². The molecule has 1 fully saturated rings. The number of rotatable bonds is 7. The lowest BCUT2D eigenvalue weighted by Gasteiger charge is -2.30. The minimum Gasteiger partial charge on any atom is -0.363 e. The Morgan fingerprint density at radius 1 is 1.19 bits per heavy atom. The molecule has 0 aliphatic carbocycles. The van der Waals surface area contributed by atoms with Gasteiger partial charge in [0.1, 0.15) is 12.8 Å². The average molecular weight is 435 g/mol. The number of piperidine rings is 1. The van der Waals surface area contributed by atoms with Crippen LogP contribution in [0.1, 0.15) is 29.6 Å². The van der Waals surface area contributed by atoms with E-state index in [1.54, 1.807) is 17.0 Å². The number of nitrogens with zero attached hydrogens (tertiary/aromatic N) is 3. The van der Waals surface area contributed by atoms with Crippen LogP contribution in [0.25, 0.3) is 0 Å². The van der Waals surface area contributed by atoms with Crippen molar-refractivity contribution in [3.05, 3.63) is 46.6 Å². The Kier molecular flexibility index (Phi) is 7.00. The summed E-state index contributed by atoms with van der Waals surface area (Å²) in [5.74, 6) is -0.137. The predicted octanol–water partition coefficient (Wildman–Crippen LogP) is 3.00. The first-order valence-corrected chi connectivity index (χ1v) is 9.89. The Morgan fingerprint density at radius 3 is 2.67 bits per heavy atom. The molecule has 27 heavy (non-hydrogen) atoms. The minimum absolute atomic E-state index is 0.0408. The molecule has 2 aromatic rings. The lowest BCUT2D eigenvalue weighted by Crippen LogP contribution is -2.43. The first-order valence-electron chi connectivity index (χ1n) is 9.10. The Hall–Kier alpha value is -2.19. The molecular formula is C19H23BrN4O3. The van der Waals surface area contributed by atoms with E-state index in [4.69, 9.17) is 4.52 Å². The summed E-state index contributed by atoms with van der Waals surface area (Å²) < 4.78 is 5.44. The highest BCUT2D eigenvalue weighted by Gasteiger charge is 2.22. The molecule has 2 heterocycles. The monoisotopic (exact) mass is 434 g/mol. The van der Waals surface area contributed by atoms with Crippen LogP contribution in [0.5, 0.6) is 0 Å². The molecule has 1 aliphatic heterocycles. The molecule has 0 spiro atoms. The molecule has 8 heteroatoms. The SMILES string of the molecule is O=C(CN(CCN1CCCCC1)C(=O)c1ccccc1Br)Nc1ccon1. The number of likely N-dealkylation sites (tertiary alicyclic amines) is 1. The standard InChI is InChI=1S/C19H23BrN4O3/c20-16-7-3-2-6-15(16)19(26)24(12-11-23-9-4-1-5-10-23)14-18(25)21-17-8-13-27-22-17/h2-3,6-8,13H,1,4-5,9-12,14H2,(H,21,22,25). The van der Waals surface area contributed by atoms with Crippen molar-refractivity contribution in [1.82, 2.24) is 15.0 Å². The molecular weight excluding hydrogens is 412 g/mol. The number of carbonyl (C=O) groups excluding carboxylic acids is 2. The van der Waals surface area contributed by atoms with Crippen molar-refractivity contribution >= 4 is 33.6 Å². The third-order valence-electron chi connectivity index (χ3n) is 4.57. The predicted molar refractivity (Wildman–Crippen MR) is 105 cm³/mol. The van der Waals surface area contributed by atoms with E-state index in [1.807, 2.05) is 18.2 Å². The highest BCUT2D eigenvalue weighted by molar-refractivity contribution is 9.10. The zero-order valence-electron chi connectivity index (χ0n) is 15.1. The van der Waals surface area contributed by atoms with Gasteiger partial charge in [0, 0.05) is 23.6 Å². The summed E-state index contributed by atoms with van der Waals surface area (Å²) in [5.41, 5.74) is 0.547. The topological polar surface area (TPSA) is 78.7 Å². The van der Waals surface area contributed by atoms with Gasteiger partial charge in [0.05, 0.1) is 5.56 Å². The van der Waals surface area contributed by atoms with Crippen LogP contribution in [0.2, 0.25) is 0 Å². The molecule has 0 unspecified atom stereocenters. The number of halogens is 1. The van der Waals surface area contributed by atoms with E-state index in [1.165, 1.54) is 25.5 Å². The van der Waals surface area contributed by atoms with E-state index in [9.17, 15) is 9.59 Å². The van der Waals surface area contributed by atoms with Gasteiger partial charge >= 0.3 is 0 Å². The Labute approximate surface area is 166 Å². The number of hydrogen-bond donors (Lipinski definition) is 1. The van der Waals surface area contributed by atoms with Gasteiger partial charge in [-0.15, -0.1) is 0 Å².